The smallest absolute Gasteiger partial charge is 0.407 e. The Morgan fingerprint density at radius 1 is 0.889 bits per heavy atom. The molecule has 0 heterocycles. The molecule has 36 heavy (non-hydrogen) atoms. The molecule has 2 N–H and O–H groups in total. The molecule has 0 unspecified atom stereocenters. The molecule has 8 nitrogen and oxygen atoms in total. The van der Waals surface area contributed by atoms with Crippen LogP contribution < -0.4 is 19.5 Å². The van der Waals surface area contributed by atoms with Crippen molar-refractivity contribution in [3.8, 4) is 28.4 Å². The number of aliphatic carboxylic acids is 1. The fraction of sp³-hybridized carbons (Fsp3) is 0.286. The van der Waals surface area contributed by atoms with Gasteiger partial charge < -0.3 is 29.4 Å². The quantitative estimate of drug-likeness (QED) is 0.426. The predicted molar refractivity (Wildman–Crippen MR) is 134 cm³/mol. The van der Waals surface area contributed by atoms with Crippen molar-refractivity contribution in [2.45, 2.75) is 24.8 Å². The monoisotopic (exact) mass is 491 g/mol. The van der Waals surface area contributed by atoms with Gasteiger partial charge in [-0.3, -0.25) is 0 Å². The van der Waals surface area contributed by atoms with E-state index in [1.807, 2.05) is 36.4 Å². The molecule has 1 amide bonds. The minimum atomic E-state index is -1.14. The Kier molecular flexibility index (Phi) is 7.63. The van der Waals surface area contributed by atoms with E-state index >= 15 is 0 Å². The van der Waals surface area contributed by atoms with Gasteiger partial charge in [0.25, 0.3) is 0 Å². The fourth-order valence-electron chi connectivity index (χ4n) is 4.63. The van der Waals surface area contributed by atoms with Crippen LogP contribution in [0, 0.1) is 0 Å². The van der Waals surface area contributed by atoms with Gasteiger partial charge in [0.05, 0.1) is 21.3 Å². The summed E-state index contributed by atoms with van der Waals surface area (Å²) in [6, 6.07) is 18.4. The van der Waals surface area contributed by atoms with Crippen LogP contribution in [0.3, 0.4) is 0 Å². The molecule has 0 aliphatic heterocycles. The number of rotatable bonds is 10. The first-order chi connectivity index (χ1) is 17.5. The molecule has 3 aromatic rings. The highest BCUT2D eigenvalue weighted by Gasteiger charge is 2.29. The van der Waals surface area contributed by atoms with E-state index in [4.69, 9.17) is 18.9 Å². The zero-order valence-electron chi connectivity index (χ0n) is 20.4. The molecule has 188 valence electrons. The summed E-state index contributed by atoms with van der Waals surface area (Å²) in [5.74, 6) is 0.156. The molecular formula is C28H29NO7. The number of ether oxygens (including phenoxy) is 4. The molecule has 0 spiro atoms. The van der Waals surface area contributed by atoms with Gasteiger partial charge in [0.15, 0.2) is 11.5 Å². The molecule has 0 radical (unpaired) electrons. The summed E-state index contributed by atoms with van der Waals surface area (Å²) >= 11 is 0. The van der Waals surface area contributed by atoms with Crippen molar-refractivity contribution in [1.82, 2.24) is 5.32 Å². The fourth-order valence-corrected chi connectivity index (χ4v) is 4.63. The highest BCUT2D eigenvalue weighted by Crippen LogP contribution is 2.44. The number of carboxylic acids is 1. The van der Waals surface area contributed by atoms with E-state index in [0.717, 1.165) is 27.8 Å². The van der Waals surface area contributed by atoms with E-state index in [-0.39, 0.29) is 18.9 Å². The molecular weight excluding hydrogens is 462 g/mol. The Hall–Kier alpha value is -4.20. The number of fused-ring (bicyclic) bond motifs is 3. The lowest BCUT2D eigenvalue weighted by Gasteiger charge is -2.18. The average molecular weight is 492 g/mol. The van der Waals surface area contributed by atoms with Crippen LogP contribution in [0.25, 0.3) is 11.1 Å². The predicted octanol–water partition coefficient (Wildman–Crippen LogP) is 4.64. The number of carboxylic acid groups (broad SMARTS) is 1. The van der Waals surface area contributed by atoms with Crippen molar-refractivity contribution in [2.75, 3.05) is 27.9 Å². The molecule has 3 aromatic carbocycles. The van der Waals surface area contributed by atoms with E-state index in [2.05, 4.69) is 17.4 Å². The third-order valence-electron chi connectivity index (χ3n) is 6.38. The van der Waals surface area contributed by atoms with Crippen LogP contribution in [0.15, 0.2) is 60.7 Å². The molecule has 4 rings (SSSR count). The van der Waals surface area contributed by atoms with Crippen LogP contribution in [0.1, 0.15) is 29.0 Å². The normalized spacial score (nSPS) is 12.8. The first kappa shape index (κ1) is 24.9. The lowest BCUT2D eigenvalue weighted by molar-refractivity contribution is -0.139. The van der Waals surface area contributed by atoms with Gasteiger partial charge in [0, 0.05) is 5.92 Å². The summed E-state index contributed by atoms with van der Waals surface area (Å²) in [5.41, 5.74) is 5.20. The van der Waals surface area contributed by atoms with Crippen molar-refractivity contribution in [3.05, 3.63) is 77.4 Å². The third-order valence-corrected chi connectivity index (χ3v) is 6.38. The number of alkyl carbamates (subject to hydrolysis) is 1. The van der Waals surface area contributed by atoms with Crippen LogP contribution in [0.2, 0.25) is 0 Å². The molecule has 0 bridgehead atoms. The van der Waals surface area contributed by atoms with E-state index in [1.165, 1.54) is 21.3 Å². The van der Waals surface area contributed by atoms with Gasteiger partial charge in [-0.05, 0) is 52.8 Å². The summed E-state index contributed by atoms with van der Waals surface area (Å²) in [5, 5.41) is 12.2. The summed E-state index contributed by atoms with van der Waals surface area (Å²) in [4.78, 5) is 24.4. The number of benzene rings is 3. The lowest BCUT2D eigenvalue weighted by atomic mass is 9.98. The highest BCUT2D eigenvalue weighted by molar-refractivity contribution is 5.81. The second-order valence-corrected chi connectivity index (χ2v) is 8.43. The van der Waals surface area contributed by atoms with Gasteiger partial charge in [-0.25, -0.2) is 9.59 Å². The third kappa shape index (κ3) is 5.07. The Morgan fingerprint density at radius 3 is 1.94 bits per heavy atom. The van der Waals surface area contributed by atoms with Crippen LogP contribution in [-0.4, -0.2) is 51.1 Å². The van der Waals surface area contributed by atoms with E-state index in [9.17, 15) is 14.7 Å². The topological polar surface area (TPSA) is 103 Å². The van der Waals surface area contributed by atoms with Gasteiger partial charge >= 0.3 is 12.1 Å². The van der Waals surface area contributed by atoms with E-state index in [0.29, 0.717) is 23.7 Å². The number of hydrogen-bond donors (Lipinski definition) is 2. The Labute approximate surface area is 209 Å². The standard InChI is InChI=1S/C28H29NO7/c1-33-24-14-17(15-25(34-2)26(24)35-3)12-13-23(27(30)31)29-28(32)36-16-22-20-10-6-4-8-18(20)19-9-5-7-11-21(19)22/h4-11,14-15,22-23H,12-13,16H2,1-3H3,(H,29,32)(H,30,31)/t23-/m1/s1. The Bertz CT molecular complexity index is 1190. The summed E-state index contributed by atoms with van der Waals surface area (Å²) in [6.45, 7) is 0.110. The summed E-state index contributed by atoms with van der Waals surface area (Å²) in [7, 11) is 4.54. The highest BCUT2D eigenvalue weighted by atomic mass is 16.5. The van der Waals surface area contributed by atoms with Crippen LogP contribution in [-0.2, 0) is 16.0 Å². The van der Waals surface area contributed by atoms with E-state index < -0.39 is 18.1 Å². The molecule has 0 aromatic heterocycles. The van der Waals surface area contributed by atoms with Crippen molar-refractivity contribution >= 4 is 12.1 Å². The Morgan fingerprint density at radius 2 is 1.44 bits per heavy atom. The summed E-state index contributed by atoms with van der Waals surface area (Å²) < 4.78 is 21.5. The summed E-state index contributed by atoms with van der Waals surface area (Å²) in [6.07, 6.45) is -0.260. The number of aryl methyl sites for hydroxylation is 1. The second-order valence-electron chi connectivity index (χ2n) is 8.43. The van der Waals surface area contributed by atoms with Crippen LogP contribution in [0.4, 0.5) is 4.79 Å². The number of methoxy groups -OCH3 is 3. The number of amides is 1. The van der Waals surface area contributed by atoms with Crippen molar-refractivity contribution < 1.29 is 33.6 Å². The lowest BCUT2D eigenvalue weighted by Crippen LogP contribution is -2.41. The van der Waals surface area contributed by atoms with Crippen LogP contribution >= 0.6 is 0 Å². The van der Waals surface area contributed by atoms with Gasteiger partial charge in [-0.15, -0.1) is 0 Å². The zero-order valence-corrected chi connectivity index (χ0v) is 20.4. The number of hydrogen-bond acceptors (Lipinski definition) is 6. The number of carbonyl (C=O) groups excluding carboxylic acids is 1. The average Bonchev–Trinajstić information content (AvgIpc) is 3.22. The first-order valence-electron chi connectivity index (χ1n) is 11.6. The van der Waals surface area contributed by atoms with Gasteiger partial charge in [-0.1, -0.05) is 48.5 Å². The van der Waals surface area contributed by atoms with Crippen molar-refractivity contribution in [1.29, 1.82) is 0 Å². The minimum absolute atomic E-state index is 0.106. The molecule has 1 aliphatic carbocycles. The van der Waals surface area contributed by atoms with Crippen molar-refractivity contribution in [2.24, 2.45) is 0 Å². The molecule has 0 saturated heterocycles. The maximum absolute atomic E-state index is 12.6. The molecule has 0 saturated carbocycles. The maximum Gasteiger partial charge on any atom is 0.407 e. The molecule has 1 aliphatic rings. The molecule has 8 heteroatoms. The SMILES string of the molecule is COc1cc(CC[C@@H](NC(=O)OCC2c3ccccc3-c3ccccc32)C(=O)O)cc(OC)c1OC. The first-order valence-corrected chi connectivity index (χ1v) is 11.6. The van der Waals surface area contributed by atoms with Gasteiger partial charge in [0.2, 0.25) is 5.75 Å². The number of carbonyl (C=O) groups is 2. The number of nitrogens with one attached hydrogen (secondary N) is 1. The minimum Gasteiger partial charge on any atom is -0.493 e. The van der Waals surface area contributed by atoms with Crippen LogP contribution in [0.5, 0.6) is 17.2 Å². The van der Waals surface area contributed by atoms with Gasteiger partial charge in [0.1, 0.15) is 12.6 Å². The van der Waals surface area contributed by atoms with E-state index in [1.54, 1.807) is 12.1 Å². The molecule has 0 fully saturated rings. The second kappa shape index (κ2) is 11.0. The maximum atomic E-state index is 12.6. The molecule has 1 atom stereocenters. The Balaban J connectivity index is 1.40. The van der Waals surface area contributed by atoms with Gasteiger partial charge in [-0.2, -0.15) is 0 Å². The zero-order chi connectivity index (χ0) is 25.7. The van der Waals surface area contributed by atoms with Crippen molar-refractivity contribution in [3.63, 3.8) is 0 Å². The largest absolute Gasteiger partial charge is 0.493 e.